The van der Waals surface area contributed by atoms with E-state index in [1.165, 1.54) is 11.6 Å². The van der Waals surface area contributed by atoms with Crippen LogP contribution in [-0.4, -0.2) is 60.4 Å². The molecule has 7 rings (SSSR count). The summed E-state index contributed by atoms with van der Waals surface area (Å²) in [5.74, 6) is 2.57. The van der Waals surface area contributed by atoms with Gasteiger partial charge in [-0.1, -0.05) is 23.7 Å². The van der Waals surface area contributed by atoms with Crippen molar-refractivity contribution in [1.82, 2.24) is 34.6 Å². The number of aromatic amines is 1. The van der Waals surface area contributed by atoms with Crippen molar-refractivity contribution >= 4 is 28.2 Å². The topological polar surface area (TPSA) is 94.0 Å². The number of H-pyrrole nitrogens is 1. The van der Waals surface area contributed by atoms with E-state index in [4.69, 9.17) is 26.1 Å². The quantitative estimate of drug-likeness (QED) is 0.223. The first-order valence-electron chi connectivity index (χ1n) is 14.4. The Labute approximate surface area is 253 Å². The fraction of sp³-hybridized carbons (Fsp3) is 0.312. The highest BCUT2D eigenvalue weighted by Crippen LogP contribution is 2.31. The Hall–Kier alpha value is -4.12. The number of nitrogens with zero attached hydrogens (tertiary/aromatic N) is 6. The van der Waals surface area contributed by atoms with Gasteiger partial charge in [-0.25, -0.2) is 19.3 Å². The van der Waals surface area contributed by atoms with E-state index in [0.29, 0.717) is 28.8 Å². The minimum Gasteiger partial charge on any atom is -0.472 e. The zero-order chi connectivity index (χ0) is 29.3. The first kappa shape index (κ1) is 27.7. The van der Waals surface area contributed by atoms with Crippen LogP contribution < -0.4 is 4.74 Å². The van der Waals surface area contributed by atoms with Crippen molar-refractivity contribution in [2.45, 2.75) is 45.6 Å². The minimum absolute atomic E-state index is 0.0743. The average molecular weight is 600 g/mol. The molecule has 1 N–H and O–H groups in total. The van der Waals surface area contributed by atoms with Gasteiger partial charge < -0.3 is 14.0 Å². The number of halogens is 2. The number of benzene rings is 2. The first-order valence-corrected chi connectivity index (χ1v) is 14.8. The third kappa shape index (κ3) is 5.90. The largest absolute Gasteiger partial charge is 0.472 e. The molecule has 2 aliphatic rings. The molecule has 0 spiro atoms. The molecule has 3 aromatic heterocycles. The van der Waals surface area contributed by atoms with E-state index in [2.05, 4.69) is 53.9 Å². The Bertz CT molecular complexity index is 1810. The summed E-state index contributed by atoms with van der Waals surface area (Å²) in [7, 11) is 0. The number of aryl methyl sites for hydroxylation is 1. The van der Waals surface area contributed by atoms with Crippen molar-refractivity contribution in [1.29, 1.82) is 0 Å². The number of hydrogen-bond donors (Lipinski definition) is 1. The van der Waals surface area contributed by atoms with Crippen LogP contribution in [0.15, 0.2) is 60.8 Å². The lowest BCUT2D eigenvalue weighted by atomic mass is 10.0. The lowest BCUT2D eigenvalue weighted by Gasteiger charge is -2.29. The standard InChI is InChI=1S/C32H31ClFN7O2/c1-20-36-31(39-38-20)22-5-7-29-28(15-22)37-30(41(29)17-25-10-14-42-25)18-40-12-8-21(9-13-40)26-3-2-11-35-32(26)43-19-23-4-6-24(33)16-27(23)34/h2-8,11,15-16,25H,9-10,12-14,17-19H2,1H3,(H,36,38,39). The summed E-state index contributed by atoms with van der Waals surface area (Å²) in [4.78, 5) is 16.4. The van der Waals surface area contributed by atoms with Crippen LogP contribution in [0.25, 0.3) is 28.0 Å². The van der Waals surface area contributed by atoms with Gasteiger partial charge in [-0.15, -0.1) is 0 Å². The maximum atomic E-state index is 14.3. The SMILES string of the molecule is Cc1nc(-c2ccc3c(c2)nc(CN2CC=C(c4cccnc4OCc4ccc(Cl)cc4F)CC2)n3CC2CCO2)n[nH]1. The van der Waals surface area contributed by atoms with Gasteiger partial charge in [-0.2, -0.15) is 5.10 Å². The van der Waals surface area contributed by atoms with Crippen LogP contribution in [0.2, 0.25) is 5.02 Å². The Morgan fingerprint density at radius 2 is 2.07 bits per heavy atom. The molecule has 0 radical (unpaired) electrons. The molecule has 0 amide bonds. The van der Waals surface area contributed by atoms with Crippen LogP contribution >= 0.6 is 11.6 Å². The van der Waals surface area contributed by atoms with E-state index < -0.39 is 5.82 Å². The van der Waals surface area contributed by atoms with Gasteiger partial charge in [-0.05, 0) is 67.8 Å². The second-order valence-corrected chi connectivity index (χ2v) is 11.4. The maximum absolute atomic E-state index is 14.3. The molecule has 43 heavy (non-hydrogen) atoms. The van der Waals surface area contributed by atoms with Crippen molar-refractivity contribution < 1.29 is 13.9 Å². The summed E-state index contributed by atoms with van der Waals surface area (Å²) < 4.78 is 28.4. The van der Waals surface area contributed by atoms with Gasteiger partial charge in [0.1, 0.15) is 24.1 Å². The summed E-state index contributed by atoms with van der Waals surface area (Å²) in [5, 5.41) is 7.59. The zero-order valence-corrected chi connectivity index (χ0v) is 24.5. The summed E-state index contributed by atoms with van der Waals surface area (Å²) in [6.45, 7) is 5.90. The molecule has 2 aromatic carbocycles. The molecule has 1 saturated heterocycles. The lowest BCUT2D eigenvalue weighted by molar-refractivity contribution is -0.0591. The molecule has 1 atom stereocenters. The molecule has 5 heterocycles. The third-order valence-electron chi connectivity index (χ3n) is 8.02. The van der Waals surface area contributed by atoms with E-state index in [1.807, 2.05) is 19.1 Å². The zero-order valence-electron chi connectivity index (χ0n) is 23.8. The number of aromatic nitrogens is 6. The number of ether oxygens (including phenoxy) is 2. The molecule has 0 bridgehead atoms. The molecule has 11 heteroatoms. The number of imidazole rings is 1. The van der Waals surface area contributed by atoms with Gasteiger partial charge in [0.15, 0.2) is 5.82 Å². The van der Waals surface area contributed by atoms with E-state index in [0.717, 1.165) is 72.9 Å². The summed E-state index contributed by atoms with van der Waals surface area (Å²) >= 11 is 5.89. The number of nitrogens with one attached hydrogen (secondary N) is 1. The molecule has 220 valence electrons. The van der Waals surface area contributed by atoms with Gasteiger partial charge in [0.25, 0.3) is 0 Å². The van der Waals surface area contributed by atoms with Gasteiger partial charge in [0.2, 0.25) is 5.88 Å². The molecule has 1 unspecified atom stereocenters. The lowest BCUT2D eigenvalue weighted by Crippen LogP contribution is -2.33. The van der Waals surface area contributed by atoms with Crippen molar-refractivity contribution in [3.8, 4) is 17.3 Å². The number of fused-ring (bicyclic) bond motifs is 1. The Balaban J connectivity index is 1.09. The van der Waals surface area contributed by atoms with Gasteiger partial charge in [0, 0.05) is 47.6 Å². The van der Waals surface area contributed by atoms with Crippen molar-refractivity contribution in [3.05, 3.63) is 94.4 Å². The van der Waals surface area contributed by atoms with Crippen molar-refractivity contribution in [2.75, 3.05) is 19.7 Å². The number of rotatable bonds is 9. The smallest absolute Gasteiger partial charge is 0.221 e. The van der Waals surface area contributed by atoms with Crippen LogP contribution in [0.3, 0.4) is 0 Å². The highest BCUT2D eigenvalue weighted by Gasteiger charge is 2.24. The molecular formula is C32H31ClFN7O2. The molecular weight excluding hydrogens is 569 g/mol. The monoisotopic (exact) mass is 599 g/mol. The summed E-state index contributed by atoms with van der Waals surface area (Å²) in [6, 6.07) is 14.7. The summed E-state index contributed by atoms with van der Waals surface area (Å²) in [6.07, 6.45) is 6.02. The van der Waals surface area contributed by atoms with Gasteiger partial charge in [0.05, 0.1) is 30.2 Å². The second kappa shape index (κ2) is 11.9. The Kier molecular flexibility index (Phi) is 7.65. The number of hydrogen-bond acceptors (Lipinski definition) is 7. The van der Waals surface area contributed by atoms with Crippen molar-refractivity contribution in [2.24, 2.45) is 0 Å². The molecule has 2 aliphatic heterocycles. The predicted octanol–water partition coefficient (Wildman–Crippen LogP) is 5.97. The van der Waals surface area contributed by atoms with Crippen LogP contribution in [-0.2, 0) is 24.4 Å². The van der Waals surface area contributed by atoms with Gasteiger partial charge >= 0.3 is 0 Å². The fourth-order valence-corrected chi connectivity index (χ4v) is 5.74. The van der Waals surface area contributed by atoms with E-state index in [1.54, 1.807) is 18.3 Å². The first-order chi connectivity index (χ1) is 21.0. The van der Waals surface area contributed by atoms with E-state index in [9.17, 15) is 4.39 Å². The highest BCUT2D eigenvalue weighted by atomic mass is 35.5. The molecule has 5 aromatic rings. The van der Waals surface area contributed by atoms with Crippen molar-refractivity contribution in [3.63, 3.8) is 0 Å². The maximum Gasteiger partial charge on any atom is 0.221 e. The predicted molar refractivity (Wildman–Crippen MR) is 162 cm³/mol. The average Bonchev–Trinajstić information content (AvgIpc) is 3.57. The molecule has 0 aliphatic carbocycles. The third-order valence-corrected chi connectivity index (χ3v) is 8.25. The minimum atomic E-state index is -0.392. The normalized spacial score (nSPS) is 17.2. The summed E-state index contributed by atoms with van der Waals surface area (Å²) in [5.41, 5.74) is 5.48. The molecule has 0 saturated carbocycles. The van der Waals surface area contributed by atoms with E-state index >= 15 is 0 Å². The highest BCUT2D eigenvalue weighted by molar-refractivity contribution is 6.30. The second-order valence-electron chi connectivity index (χ2n) is 11.0. The van der Waals surface area contributed by atoms with Crippen LogP contribution in [0, 0.1) is 12.7 Å². The fourth-order valence-electron chi connectivity index (χ4n) is 5.58. The molecule has 9 nitrogen and oxygen atoms in total. The Morgan fingerprint density at radius 1 is 1.16 bits per heavy atom. The van der Waals surface area contributed by atoms with Gasteiger partial charge in [-0.3, -0.25) is 10.00 Å². The van der Waals surface area contributed by atoms with Crippen LogP contribution in [0.5, 0.6) is 5.88 Å². The number of pyridine rings is 1. The Morgan fingerprint density at radius 3 is 2.81 bits per heavy atom. The molecule has 1 fully saturated rings. The van der Waals surface area contributed by atoms with Crippen LogP contribution in [0.1, 0.15) is 35.6 Å². The van der Waals surface area contributed by atoms with E-state index in [-0.39, 0.29) is 12.7 Å². The van der Waals surface area contributed by atoms with Crippen LogP contribution in [0.4, 0.5) is 4.39 Å².